The summed E-state index contributed by atoms with van der Waals surface area (Å²) in [6, 6.07) is 2.49. The molecule has 1 saturated heterocycles. The summed E-state index contributed by atoms with van der Waals surface area (Å²) in [7, 11) is -2.77. The summed E-state index contributed by atoms with van der Waals surface area (Å²) in [6.07, 6.45) is 0.505. The van der Waals surface area contributed by atoms with Crippen molar-refractivity contribution in [2.75, 3.05) is 24.5 Å². The lowest BCUT2D eigenvalue weighted by Gasteiger charge is -2.39. The van der Waals surface area contributed by atoms with Gasteiger partial charge in [-0.3, -0.25) is 9.10 Å². The van der Waals surface area contributed by atoms with Gasteiger partial charge in [0, 0.05) is 17.6 Å². The van der Waals surface area contributed by atoms with Crippen LogP contribution in [-0.2, 0) is 19.7 Å². The maximum Gasteiger partial charge on any atom is 0.321 e. The number of nitrogens with zero attached hydrogens (tertiary/aromatic N) is 2. The lowest BCUT2D eigenvalue weighted by molar-refractivity contribution is -0.141. The topological polar surface area (TPSA) is 66.9 Å². The largest absolute Gasteiger partial charge is 0.468 e. The van der Waals surface area contributed by atoms with E-state index in [2.05, 4.69) is 4.74 Å². The smallest absolute Gasteiger partial charge is 0.321 e. The Kier molecular flexibility index (Phi) is 5.68. The Morgan fingerprint density at radius 1 is 1.30 bits per heavy atom. The van der Waals surface area contributed by atoms with Crippen molar-refractivity contribution >= 4 is 56.7 Å². The molecule has 1 heterocycles. The van der Waals surface area contributed by atoms with Gasteiger partial charge in [0.1, 0.15) is 6.54 Å². The molecule has 1 fully saturated rings. The van der Waals surface area contributed by atoms with Crippen molar-refractivity contribution in [3.8, 4) is 0 Å². The molecular weight excluding hydrogens is 387 g/mol. The minimum atomic E-state index is -3.98. The lowest BCUT2D eigenvalue weighted by atomic mass is 10.2. The predicted molar refractivity (Wildman–Crippen MR) is 90.5 cm³/mol. The molecule has 1 aliphatic heterocycles. The van der Waals surface area contributed by atoms with Gasteiger partial charge < -0.3 is 4.74 Å². The van der Waals surface area contributed by atoms with Crippen LogP contribution in [0.4, 0.5) is 5.69 Å². The number of anilines is 1. The number of hydrogen-bond acceptors (Lipinski definition) is 4. The van der Waals surface area contributed by atoms with E-state index < -0.39 is 16.2 Å². The number of ether oxygens (including phenoxy) is 1. The normalized spacial score (nSPS) is 21.3. The van der Waals surface area contributed by atoms with E-state index in [1.54, 1.807) is 6.92 Å². The van der Waals surface area contributed by atoms with Gasteiger partial charge in [0.05, 0.1) is 22.8 Å². The molecule has 0 aliphatic carbocycles. The van der Waals surface area contributed by atoms with Crippen LogP contribution in [0, 0.1) is 0 Å². The summed E-state index contributed by atoms with van der Waals surface area (Å²) in [6.45, 7) is 1.55. The van der Waals surface area contributed by atoms with E-state index in [1.807, 2.05) is 0 Å². The molecule has 0 aromatic heterocycles. The summed E-state index contributed by atoms with van der Waals surface area (Å²) in [5.74, 6) is -0.643. The van der Waals surface area contributed by atoms with E-state index in [0.717, 1.165) is 8.61 Å². The van der Waals surface area contributed by atoms with Crippen molar-refractivity contribution < 1.29 is 17.9 Å². The molecule has 0 N–H and O–H groups in total. The minimum absolute atomic E-state index is 0.124. The number of benzene rings is 1. The number of hydrogen-bond donors (Lipinski definition) is 0. The van der Waals surface area contributed by atoms with Crippen LogP contribution in [0.25, 0.3) is 0 Å². The lowest BCUT2D eigenvalue weighted by Crippen LogP contribution is -2.55. The van der Waals surface area contributed by atoms with Crippen LogP contribution < -0.4 is 4.31 Å². The predicted octanol–water partition coefficient (Wildman–Crippen LogP) is 2.97. The summed E-state index contributed by atoms with van der Waals surface area (Å²) in [5, 5.41) is 0.551. The second-order valence-electron chi connectivity index (χ2n) is 5.06. The molecule has 0 radical (unpaired) electrons. The SMILES string of the molecule is COC(=O)CN1C(C)CCN(c2c(Cl)cc(Cl)cc2Cl)S1(=O)=O. The summed E-state index contributed by atoms with van der Waals surface area (Å²) in [5.41, 5.74) is 0.152. The Morgan fingerprint density at radius 3 is 2.39 bits per heavy atom. The molecular formula is C13H15Cl3N2O4S. The average Bonchev–Trinajstić information content (AvgIpc) is 2.44. The van der Waals surface area contributed by atoms with Gasteiger partial charge >= 0.3 is 16.2 Å². The Labute approximate surface area is 150 Å². The monoisotopic (exact) mass is 400 g/mol. The molecule has 128 valence electrons. The van der Waals surface area contributed by atoms with Crippen LogP contribution in [0.1, 0.15) is 13.3 Å². The second-order valence-corrected chi connectivity index (χ2v) is 8.11. The number of carbonyl (C=O) groups excluding carboxylic acids is 1. The standard InChI is InChI=1S/C13H15Cl3N2O4S/c1-8-3-4-17(13-10(15)5-9(14)6-11(13)16)23(20,21)18(8)7-12(19)22-2/h5-6,8H,3-4,7H2,1-2H3. The highest BCUT2D eigenvalue weighted by molar-refractivity contribution is 7.90. The van der Waals surface area contributed by atoms with Crippen molar-refractivity contribution in [2.24, 2.45) is 0 Å². The first-order valence-electron chi connectivity index (χ1n) is 6.69. The van der Waals surface area contributed by atoms with Gasteiger partial charge in [0.2, 0.25) is 0 Å². The van der Waals surface area contributed by atoms with Crippen LogP contribution >= 0.6 is 34.8 Å². The maximum atomic E-state index is 12.9. The van der Waals surface area contributed by atoms with Crippen LogP contribution in [0.5, 0.6) is 0 Å². The van der Waals surface area contributed by atoms with Gasteiger partial charge in [0.25, 0.3) is 0 Å². The Morgan fingerprint density at radius 2 is 1.87 bits per heavy atom. The van der Waals surface area contributed by atoms with E-state index in [4.69, 9.17) is 34.8 Å². The maximum absolute atomic E-state index is 12.9. The number of rotatable bonds is 3. The molecule has 6 nitrogen and oxygen atoms in total. The van der Waals surface area contributed by atoms with Crippen LogP contribution in [-0.4, -0.2) is 44.9 Å². The minimum Gasteiger partial charge on any atom is -0.468 e. The van der Waals surface area contributed by atoms with Gasteiger partial charge in [-0.2, -0.15) is 12.7 Å². The Balaban J connectivity index is 2.47. The quantitative estimate of drug-likeness (QED) is 0.730. The van der Waals surface area contributed by atoms with Gasteiger partial charge in [0.15, 0.2) is 0 Å². The van der Waals surface area contributed by atoms with E-state index in [-0.39, 0.29) is 34.9 Å². The molecule has 23 heavy (non-hydrogen) atoms. The van der Waals surface area contributed by atoms with Crippen LogP contribution in [0.15, 0.2) is 12.1 Å². The van der Waals surface area contributed by atoms with E-state index >= 15 is 0 Å². The highest BCUT2D eigenvalue weighted by Gasteiger charge is 2.40. The molecule has 0 saturated carbocycles. The van der Waals surface area contributed by atoms with Crippen LogP contribution in [0.3, 0.4) is 0 Å². The molecule has 10 heteroatoms. The molecule has 1 aromatic rings. The number of halogens is 3. The summed E-state index contributed by atoms with van der Waals surface area (Å²) in [4.78, 5) is 11.5. The summed E-state index contributed by atoms with van der Waals surface area (Å²) < 4.78 is 32.4. The van der Waals surface area contributed by atoms with E-state index in [9.17, 15) is 13.2 Å². The fourth-order valence-corrected chi connectivity index (χ4v) is 5.31. The van der Waals surface area contributed by atoms with E-state index in [1.165, 1.54) is 19.2 Å². The molecule has 0 amide bonds. The van der Waals surface area contributed by atoms with Crippen LogP contribution in [0.2, 0.25) is 15.1 Å². The number of methoxy groups -OCH3 is 1. The van der Waals surface area contributed by atoms with E-state index in [0.29, 0.717) is 11.4 Å². The molecule has 1 atom stereocenters. The third-order valence-electron chi connectivity index (χ3n) is 3.56. The van der Waals surface area contributed by atoms with Gasteiger partial charge in [-0.1, -0.05) is 34.8 Å². The van der Waals surface area contributed by atoms with Crippen molar-refractivity contribution in [2.45, 2.75) is 19.4 Å². The molecule has 0 bridgehead atoms. The molecule has 1 aliphatic rings. The summed E-state index contributed by atoms with van der Waals surface area (Å²) >= 11 is 18.1. The van der Waals surface area contributed by atoms with Gasteiger partial charge in [-0.25, -0.2) is 0 Å². The fourth-order valence-electron chi connectivity index (χ4n) is 2.35. The third-order valence-corrected chi connectivity index (χ3v) is 6.36. The first-order chi connectivity index (χ1) is 10.7. The zero-order valence-electron chi connectivity index (χ0n) is 12.4. The van der Waals surface area contributed by atoms with Crippen molar-refractivity contribution in [1.82, 2.24) is 4.31 Å². The highest BCUT2D eigenvalue weighted by atomic mass is 35.5. The third kappa shape index (κ3) is 3.69. The highest BCUT2D eigenvalue weighted by Crippen LogP contribution is 2.40. The van der Waals surface area contributed by atoms with Gasteiger partial charge in [-0.05, 0) is 25.5 Å². The second kappa shape index (κ2) is 7.03. The molecule has 1 aromatic carbocycles. The Hall–Kier alpha value is -0.730. The fraction of sp³-hybridized carbons (Fsp3) is 0.462. The average molecular weight is 402 g/mol. The molecule has 2 rings (SSSR count). The molecule has 1 unspecified atom stereocenters. The first kappa shape index (κ1) is 18.6. The van der Waals surface area contributed by atoms with Crippen molar-refractivity contribution in [1.29, 1.82) is 0 Å². The number of esters is 1. The zero-order chi connectivity index (χ0) is 17.4. The Bertz CT molecular complexity index is 703. The van der Waals surface area contributed by atoms with Gasteiger partial charge in [-0.15, -0.1) is 0 Å². The van der Waals surface area contributed by atoms with Crippen molar-refractivity contribution in [3.05, 3.63) is 27.2 Å². The zero-order valence-corrected chi connectivity index (χ0v) is 15.5. The molecule has 0 spiro atoms. The van der Waals surface area contributed by atoms with Crippen molar-refractivity contribution in [3.63, 3.8) is 0 Å². The number of carbonyl (C=O) groups is 1. The first-order valence-corrected chi connectivity index (χ1v) is 9.22.